The molecule has 0 bridgehead atoms. The van der Waals surface area contributed by atoms with E-state index in [9.17, 15) is 13.8 Å². The van der Waals surface area contributed by atoms with Gasteiger partial charge in [-0.25, -0.2) is 4.79 Å². The third-order valence-electron chi connectivity index (χ3n) is 6.33. The van der Waals surface area contributed by atoms with E-state index in [2.05, 4.69) is 0 Å². The first-order valence-corrected chi connectivity index (χ1v) is 12.6. The predicted octanol–water partition coefficient (Wildman–Crippen LogP) is 3.19. The molecule has 0 saturated carbocycles. The summed E-state index contributed by atoms with van der Waals surface area (Å²) in [7, 11) is -1.30. The predicted molar refractivity (Wildman–Crippen MR) is 125 cm³/mol. The highest BCUT2D eigenvalue weighted by Crippen LogP contribution is 2.29. The monoisotopic (exact) mass is 453 g/mol. The standard InChI is InChI=1S/C24H27N3O4S/c28-23(25-11-13-27(14-12-25)24(29)26-9-3-4-10-26)17-32(30)16-18-7-8-22-20(15-18)19-5-1-2-6-21(19)31-22/h1-2,5-8,15H,3-4,9-14,16-17H2. The minimum absolute atomic E-state index is 0.00421. The van der Waals surface area contributed by atoms with Gasteiger partial charge in [-0.15, -0.1) is 0 Å². The number of piperazine rings is 1. The quantitative estimate of drug-likeness (QED) is 0.608. The molecule has 2 aliphatic heterocycles. The zero-order valence-electron chi connectivity index (χ0n) is 18.0. The molecule has 1 aromatic heterocycles. The minimum Gasteiger partial charge on any atom is -0.456 e. The molecule has 168 valence electrons. The number of para-hydroxylation sites is 1. The molecule has 32 heavy (non-hydrogen) atoms. The van der Waals surface area contributed by atoms with Crippen LogP contribution < -0.4 is 0 Å². The van der Waals surface area contributed by atoms with Crippen LogP contribution in [0.25, 0.3) is 21.9 Å². The highest BCUT2D eigenvalue weighted by Gasteiger charge is 2.28. The summed E-state index contributed by atoms with van der Waals surface area (Å²) in [6, 6.07) is 13.8. The van der Waals surface area contributed by atoms with Gasteiger partial charge < -0.3 is 19.1 Å². The van der Waals surface area contributed by atoms with E-state index in [4.69, 9.17) is 4.42 Å². The Morgan fingerprint density at radius 2 is 1.47 bits per heavy atom. The van der Waals surface area contributed by atoms with E-state index in [0.29, 0.717) is 31.9 Å². The topological polar surface area (TPSA) is 74.1 Å². The molecule has 0 N–H and O–H groups in total. The van der Waals surface area contributed by atoms with Crippen LogP contribution in [-0.4, -0.2) is 75.9 Å². The summed E-state index contributed by atoms with van der Waals surface area (Å²) in [5.41, 5.74) is 2.56. The van der Waals surface area contributed by atoms with E-state index in [1.165, 1.54) is 0 Å². The van der Waals surface area contributed by atoms with Crippen molar-refractivity contribution in [3.8, 4) is 0 Å². The molecule has 0 aliphatic carbocycles. The van der Waals surface area contributed by atoms with Crippen LogP contribution in [0.15, 0.2) is 46.9 Å². The Morgan fingerprint density at radius 3 is 2.25 bits per heavy atom. The molecule has 8 heteroatoms. The zero-order chi connectivity index (χ0) is 22.1. The summed E-state index contributed by atoms with van der Waals surface area (Å²) in [5.74, 6) is 0.227. The Bertz CT molecular complexity index is 1180. The molecule has 2 fully saturated rings. The summed E-state index contributed by atoms with van der Waals surface area (Å²) in [5, 5.41) is 2.03. The average molecular weight is 454 g/mol. The largest absolute Gasteiger partial charge is 0.456 e. The SMILES string of the molecule is O=C(CS(=O)Cc1ccc2oc3ccccc3c2c1)N1CCN(C(=O)N2CCCC2)CC1. The molecule has 2 saturated heterocycles. The van der Waals surface area contributed by atoms with Crippen LogP contribution >= 0.6 is 0 Å². The number of nitrogens with zero attached hydrogens (tertiary/aromatic N) is 3. The zero-order valence-corrected chi connectivity index (χ0v) is 18.8. The number of likely N-dealkylation sites (tertiary alicyclic amines) is 1. The third kappa shape index (κ3) is 4.24. The van der Waals surface area contributed by atoms with Crippen molar-refractivity contribution < 1.29 is 18.2 Å². The Balaban J connectivity index is 1.16. The Morgan fingerprint density at radius 1 is 0.812 bits per heavy atom. The molecule has 0 spiro atoms. The number of rotatable bonds is 4. The second kappa shape index (κ2) is 8.94. The van der Waals surface area contributed by atoms with Crippen molar-refractivity contribution in [2.75, 3.05) is 45.0 Å². The molecule has 7 nitrogen and oxygen atoms in total. The smallest absolute Gasteiger partial charge is 0.320 e. The summed E-state index contributed by atoms with van der Waals surface area (Å²) < 4.78 is 18.6. The molecule has 3 amide bonds. The number of urea groups is 1. The second-order valence-electron chi connectivity index (χ2n) is 8.50. The first-order chi connectivity index (χ1) is 15.6. The van der Waals surface area contributed by atoms with Crippen molar-refractivity contribution in [3.05, 3.63) is 48.0 Å². The van der Waals surface area contributed by atoms with E-state index in [1.54, 1.807) is 4.90 Å². The lowest BCUT2D eigenvalue weighted by molar-refractivity contribution is -0.129. The number of furan rings is 1. The van der Waals surface area contributed by atoms with Gasteiger partial charge in [0.1, 0.15) is 16.9 Å². The molecule has 2 aromatic carbocycles. The second-order valence-corrected chi connectivity index (χ2v) is 9.96. The van der Waals surface area contributed by atoms with Crippen LogP contribution in [0.3, 0.4) is 0 Å². The van der Waals surface area contributed by atoms with Crippen molar-refractivity contribution in [3.63, 3.8) is 0 Å². The maximum Gasteiger partial charge on any atom is 0.320 e. The summed E-state index contributed by atoms with van der Waals surface area (Å²) >= 11 is 0. The lowest BCUT2D eigenvalue weighted by Crippen LogP contribution is -2.54. The van der Waals surface area contributed by atoms with Gasteiger partial charge in [0.2, 0.25) is 5.91 Å². The Kier molecular flexibility index (Phi) is 5.87. The number of hydrogen-bond acceptors (Lipinski definition) is 4. The molecule has 1 unspecified atom stereocenters. The highest BCUT2D eigenvalue weighted by molar-refractivity contribution is 7.84. The molecule has 3 aromatic rings. The number of amides is 3. The molecule has 0 radical (unpaired) electrons. The van der Waals surface area contributed by atoms with E-state index in [-0.39, 0.29) is 17.7 Å². The van der Waals surface area contributed by atoms with Crippen LogP contribution in [0, 0.1) is 0 Å². The summed E-state index contributed by atoms with van der Waals surface area (Å²) in [6.45, 7) is 3.75. The Hall–Kier alpha value is -2.87. The van der Waals surface area contributed by atoms with Crippen LogP contribution in [0.2, 0.25) is 0 Å². The number of carbonyl (C=O) groups excluding carboxylic acids is 2. The lowest BCUT2D eigenvalue weighted by atomic mass is 10.1. The van der Waals surface area contributed by atoms with Crippen molar-refractivity contribution >= 4 is 44.7 Å². The van der Waals surface area contributed by atoms with Gasteiger partial charge in [-0.3, -0.25) is 9.00 Å². The molecule has 1 atom stereocenters. The molecular weight excluding hydrogens is 426 g/mol. The number of hydrogen-bond donors (Lipinski definition) is 0. The van der Waals surface area contributed by atoms with Crippen LogP contribution in [0.4, 0.5) is 4.79 Å². The van der Waals surface area contributed by atoms with Crippen molar-refractivity contribution in [2.45, 2.75) is 18.6 Å². The first kappa shape index (κ1) is 21.0. The normalized spacial score (nSPS) is 17.9. The fourth-order valence-electron chi connectivity index (χ4n) is 4.58. The minimum atomic E-state index is -1.30. The van der Waals surface area contributed by atoms with Gasteiger partial charge in [-0.05, 0) is 36.6 Å². The van der Waals surface area contributed by atoms with Gasteiger partial charge in [0.15, 0.2) is 0 Å². The van der Waals surface area contributed by atoms with Crippen LogP contribution in [-0.2, 0) is 21.3 Å². The van der Waals surface area contributed by atoms with E-state index in [0.717, 1.165) is 53.4 Å². The molecular formula is C24H27N3O4S. The van der Waals surface area contributed by atoms with Crippen molar-refractivity contribution in [1.29, 1.82) is 0 Å². The average Bonchev–Trinajstić information content (AvgIpc) is 3.47. The summed E-state index contributed by atoms with van der Waals surface area (Å²) in [6.07, 6.45) is 2.14. The van der Waals surface area contributed by atoms with Gasteiger partial charge >= 0.3 is 6.03 Å². The Labute approximate surface area is 189 Å². The van der Waals surface area contributed by atoms with Gasteiger partial charge in [-0.1, -0.05) is 24.3 Å². The van der Waals surface area contributed by atoms with Crippen molar-refractivity contribution in [1.82, 2.24) is 14.7 Å². The first-order valence-electron chi connectivity index (χ1n) is 11.2. The van der Waals surface area contributed by atoms with Gasteiger partial charge in [0.05, 0.1) is 0 Å². The number of fused-ring (bicyclic) bond motifs is 3. The third-order valence-corrected chi connectivity index (χ3v) is 7.56. The highest BCUT2D eigenvalue weighted by atomic mass is 32.2. The van der Waals surface area contributed by atoms with E-state index < -0.39 is 10.8 Å². The van der Waals surface area contributed by atoms with E-state index in [1.807, 2.05) is 52.3 Å². The number of benzene rings is 2. The van der Waals surface area contributed by atoms with E-state index >= 15 is 0 Å². The van der Waals surface area contributed by atoms with Crippen molar-refractivity contribution in [2.24, 2.45) is 0 Å². The van der Waals surface area contributed by atoms with Crippen LogP contribution in [0.1, 0.15) is 18.4 Å². The summed E-state index contributed by atoms with van der Waals surface area (Å²) in [4.78, 5) is 30.6. The number of carbonyl (C=O) groups is 2. The lowest BCUT2D eigenvalue weighted by Gasteiger charge is -2.36. The fourth-order valence-corrected chi connectivity index (χ4v) is 5.70. The van der Waals surface area contributed by atoms with Crippen LogP contribution in [0.5, 0.6) is 0 Å². The van der Waals surface area contributed by atoms with Gasteiger partial charge in [-0.2, -0.15) is 0 Å². The van der Waals surface area contributed by atoms with Gasteiger partial charge in [0, 0.05) is 66.6 Å². The maximum absolute atomic E-state index is 12.7. The van der Waals surface area contributed by atoms with Gasteiger partial charge in [0.25, 0.3) is 0 Å². The molecule has 2 aliphatic rings. The molecule has 5 rings (SSSR count). The fraction of sp³-hybridized carbons (Fsp3) is 0.417. The molecule has 3 heterocycles. The maximum atomic E-state index is 12.7.